The highest BCUT2D eigenvalue weighted by Gasteiger charge is 2.09. The van der Waals surface area contributed by atoms with Crippen molar-refractivity contribution in [3.63, 3.8) is 0 Å². The average Bonchev–Trinajstić information content (AvgIpc) is 2.63. The molecule has 1 aromatic heterocycles. The molecule has 3 rings (SSSR count). The highest BCUT2D eigenvalue weighted by Crippen LogP contribution is 2.23. The van der Waals surface area contributed by atoms with Crippen LogP contribution in [0.1, 0.15) is 21.6 Å². The van der Waals surface area contributed by atoms with Crippen LogP contribution in [0.5, 0.6) is 0 Å². The fraction of sp³-hybridized carbons (Fsp3) is 0.105. The molecule has 0 saturated heterocycles. The van der Waals surface area contributed by atoms with Gasteiger partial charge in [0.1, 0.15) is 17.8 Å². The maximum absolute atomic E-state index is 12.3. The van der Waals surface area contributed by atoms with Gasteiger partial charge in [-0.3, -0.25) is 4.79 Å². The molecule has 6 heteroatoms. The minimum atomic E-state index is -0.259. The van der Waals surface area contributed by atoms with Crippen LogP contribution in [0, 0.1) is 6.92 Å². The monoisotopic (exact) mass is 352 g/mol. The van der Waals surface area contributed by atoms with Gasteiger partial charge in [-0.25, -0.2) is 9.97 Å². The van der Waals surface area contributed by atoms with Gasteiger partial charge in [-0.2, -0.15) is 0 Å². The van der Waals surface area contributed by atoms with E-state index < -0.39 is 0 Å². The number of rotatable bonds is 5. The molecule has 2 N–H and O–H groups in total. The molecule has 1 amide bonds. The maximum atomic E-state index is 12.3. The number of amides is 1. The zero-order chi connectivity index (χ0) is 17.6. The summed E-state index contributed by atoms with van der Waals surface area (Å²) >= 11 is 6.12. The van der Waals surface area contributed by atoms with Crippen molar-refractivity contribution in [3.8, 4) is 0 Å². The summed E-state index contributed by atoms with van der Waals surface area (Å²) in [6.07, 6.45) is 1.35. The SMILES string of the molecule is Cc1ccc(CNC(=O)c2cc(Nc3ccccc3Cl)ncn2)cc1. The van der Waals surface area contributed by atoms with E-state index in [-0.39, 0.29) is 11.6 Å². The van der Waals surface area contributed by atoms with E-state index in [0.717, 1.165) is 5.56 Å². The van der Waals surface area contributed by atoms with Crippen molar-refractivity contribution >= 4 is 29.0 Å². The number of carbonyl (C=O) groups excluding carboxylic acids is 1. The Labute approximate surface area is 151 Å². The van der Waals surface area contributed by atoms with Crippen LogP contribution in [-0.2, 0) is 6.54 Å². The van der Waals surface area contributed by atoms with Gasteiger partial charge in [-0.05, 0) is 24.6 Å². The van der Waals surface area contributed by atoms with Crippen molar-refractivity contribution in [2.75, 3.05) is 5.32 Å². The molecule has 3 aromatic rings. The Morgan fingerprint density at radius 3 is 2.60 bits per heavy atom. The van der Waals surface area contributed by atoms with Gasteiger partial charge in [-0.15, -0.1) is 0 Å². The van der Waals surface area contributed by atoms with Gasteiger partial charge in [0.15, 0.2) is 0 Å². The molecule has 126 valence electrons. The van der Waals surface area contributed by atoms with E-state index in [9.17, 15) is 4.79 Å². The van der Waals surface area contributed by atoms with E-state index >= 15 is 0 Å². The second-order valence-corrected chi connectivity index (χ2v) is 5.97. The molecule has 0 bridgehead atoms. The Morgan fingerprint density at radius 2 is 1.84 bits per heavy atom. The number of benzene rings is 2. The molecule has 5 nitrogen and oxygen atoms in total. The van der Waals surface area contributed by atoms with Gasteiger partial charge in [0.2, 0.25) is 0 Å². The molecule has 0 radical (unpaired) electrons. The molecule has 0 aliphatic carbocycles. The van der Waals surface area contributed by atoms with Gasteiger partial charge in [0.25, 0.3) is 5.91 Å². The Morgan fingerprint density at radius 1 is 1.08 bits per heavy atom. The van der Waals surface area contributed by atoms with E-state index in [1.807, 2.05) is 49.4 Å². The summed E-state index contributed by atoms with van der Waals surface area (Å²) in [5.74, 6) is 0.244. The smallest absolute Gasteiger partial charge is 0.270 e. The zero-order valence-corrected chi connectivity index (χ0v) is 14.4. The summed E-state index contributed by atoms with van der Waals surface area (Å²) in [6.45, 7) is 2.47. The Hall–Kier alpha value is -2.92. The highest BCUT2D eigenvalue weighted by molar-refractivity contribution is 6.33. The number of aromatic nitrogens is 2. The van der Waals surface area contributed by atoms with Crippen LogP contribution >= 0.6 is 11.6 Å². The molecule has 1 heterocycles. The molecule has 0 atom stereocenters. The molecule has 0 fully saturated rings. The first-order chi connectivity index (χ1) is 12.1. The molecule has 0 aliphatic heterocycles. The van der Waals surface area contributed by atoms with Crippen molar-refractivity contribution in [3.05, 3.63) is 82.8 Å². The number of nitrogens with one attached hydrogen (secondary N) is 2. The largest absolute Gasteiger partial charge is 0.347 e. The van der Waals surface area contributed by atoms with Crippen LogP contribution in [0.3, 0.4) is 0 Å². The lowest BCUT2D eigenvalue weighted by atomic mass is 10.1. The fourth-order valence-electron chi connectivity index (χ4n) is 2.23. The normalized spacial score (nSPS) is 10.3. The summed E-state index contributed by atoms with van der Waals surface area (Å²) in [4.78, 5) is 20.5. The minimum Gasteiger partial charge on any atom is -0.347 e. The summed E-state index contributed by atoms with van der Waals surface area (Å²) in [6, 6.07) is 16.9. The van der Waals surface area contributed by atoms with Gasteiger partial charge >= 0.3 is 0 Å². The number of carbonyl (C=O) groups is 1. The van der Waals surface area contributed by atoms with Crippen LogP contribution in [0.15, 0.2) is 60.9 Å². The number of para-hydroxylation sites is 1. The first-order valence-electron chi connectivity index (χ1n) is 7.79. The number of halogens is 1. The van der Waals surface area contributed by atoms with Gasteiger partial charge in [-0.1, -0.05) is 53.6 Å². The Balaban J connectivity index is 1.67. The fourth-order valence-corrected chi connectivity index (χ4v) is 2.41. The van der Waals surface area contributed by atoms with E-state index in [1.165, 1.54) is 11.9 Å². The summed E-state index contributed by atoms with van der Waals surface area (Å²) in [5.41, 5.74) is 3.22. The predicted molar refractivity (Wildman–Crippen MR) is 99.1 cm³/mol. The summed E-state index contributed by atoms with van der Waals surface area (Å²) in [7, 11) is 0. The van der Waals surface area contributed by atoms with Crippen LogP contribution in [0.4, 0.5) is 11.5 Å². The standard InChI is InChI=1S/C19H17ClN4O/c1-13-6-8-14(9-7-13)11-21-19(25)17-10-18(23-12-22-17)24-16-5-3-2-4-15(16)20/h2-10,12H,11H2,1H3,(H,21,25)(H,22,23,24). The average molecular weight is 353 g/mol. The predicted octanol–water partition coefficient (Wildman–Crippen LogP) is 4.11. The molecule has 0 spiro atoms. The van der Waals surface area contributed by atoms with Crippen LogP contribution < -0.4 is 10.6 Å². The third-order valence-electron chi connectivity index (χ3n) is 3.61. The van der Waals surface area contributed by atoms with Gasteiger partial charge < -0.3 is 10.6 Å². The first-order valence-corrected chi connectivity index (χ1v) is 8.17. The van der Waals surface area contributed by atoms with E-state index in [1.54, 1.807) is 12.1 Å². The van der Waals surface area contributed by atoms with Crippen molar-refractivity contribution in [1.29, 1.82) is 0 Å². The summed E-state index contributed by atoms with van der Waals surface area (Å²) in [5, 5.41) is 6.51. The third-order valence-corrected chi connectivity index (χ3v) is 3.94. The van der Waals surface area contributed by atoms with E-state index in [2.05, 4.69) is 20.6 Å². The second-order valence-electron chi connectivity index (χ2n) is 5.56. The lowest BCUT2D eigenvalue weighted by Crippen LogP contribution is -2.24. The molecule has 0 saturated carbocycles. The molecular weight excluding hydrogens is 336 g/mol. The Kier molecular flexibility index (Phi) is 5.26. The number of nitrogens with zero attached hydrogens (tertiary/aromatic N) is 2. The lowest BCUT2D eigenvalue weighted by Gasteiger charge is -2.09. The van der Waals surface area contributed by atoms with Crippen molar-refractivity contribution in [1.82, 2.24) is 15.3 Å². The van der Waals surface area contributed by atoms with Crippen molar-refractivity contribution in [2.45, 2.75) is 13.5 Å². The molecule has 2 aromatic carbocycles. The van der Waals surface area contributed by atoms with E-state index in [0.29, 0.717) is 23.1 Å². The van der Waals surface area contributed by atoms with Gasteiger partial charge in [0.05, 0.1) is 10.7 Å². The lowest BCUT2D eigenvalue weighted by molar-refractivity contribution is 0.0946. The molecule has 25 heavy (non-hydrogen) atoms. The maximum Gasteiger partial charge on any atom is 0.270 e. The molecule has 0 aliphatic rings. The quantitative estimate of drug-likeness (QED) is 0.725. The van der Waals surface area contributed by atoms with Gasteiger partial charge in [0, 0.05) is 12.6 Å². The highest BCUT2D eigenvalue weighted by atomic mass is 35.5. The summed E-state index contributed by atoms with van der Waals surface area (Å²) < 4.78 is 0. The van der Waals surface area contributed by atoms with Crippen LogP contribution in [0.25, 0.3) is 0 Å². The minimum absolute atomic E-state index is 0.259. The number of aryl methyl sites for hydroxylation is 1. The number of hydrogen-bond acceptors (Lipinski definition) is 4. The van der Waals surface area contributed by atoms with Crippen molar-refractivity contribution in [2.24, 2.45) is 0 Å². The first kappa shape index (κ1) is 16.9. The van der Waals surface area contributed by atoms with Crippen LogP contribution in [-0.4, -0.2) is 15.9 Å². The van der Waals surface area contributed by atoms with E-state index in [4.69, 9.17) is 11.6 Å². The van der Waals surface area contributed by atoms with Crippen molar-refractivity contribution < 1.29 is 4.79 Å². The third kappa shape index (κ3) is 4.55. The molecular formula is C19H17ClN4O. The second kappa shape index (κ2) is 7.77. The molecule has 0 unspecified atom stereocenters. The topological polar surface area (TPSA) is 66.9 Å². The zero-order valence-electron chi connectivity index (χ0n) is 13.7. The Bertz CT molecular complexity index is 881. The number of hydrogen-bond donors (Lipinski definition) is 2. The number of anilines is 2. The van der Waals surface area contributed by atoms with Crippen LogP contribution in [0.2, 0.25) is 5.02 Å².